The fraction of sp³-hybridized carbons (Fsp3) is 0.455. The van der Waals surface area contributed by atoms with Gasteiger partial charge < -0.3 is 15.6 Å². The predicted octanol–water partition coefficient (Wildman–Crippen LogP) is 2.99. The van der Waals surface area contributed by atoms with Crippen LogP contribution < -0.4 is 10.5 Å². The number of halogens is 2. The molecule has 3 nitrogen and oxygen atoms in total. The van der Waals surface area contributed by atoms with Gasteiger partial charge in [-0.15, -0.1) is 12.4 Å². The zero-order chi connectivity index (χ0) is 11.0. The number of phenols is 1. The fourth-order valence-electron chi connectivity index (χ4n) is 1.71. The van der Waals surface area contributed by atoms with Crippen molar-refractivity contribution in [1.82, 2.24) is 0 Å². The third kappa shape index (κ3) is 2.62. The molecular weight excluding hydrogens is 293 g/mol. The number of phenolic OH excluding ortho intramolecular Hbond substituents is 1. The van der Waals surface area contributed by atoms with Crippen molar-refractivity contribution in [1.29, 1.82) is 0 Å². The number of hydrogen-bond acceptors (Lipinski definition) is 3. The van der Waals surface area contributed by atoms with Crippen LogP contribution in [0.2, 0.25) is 0 Å². The lowest BCUT2D eigenvalue weighted by Crippen LogP contribution is -2.12. The SMILES string of the molecule is COc1cc(Br)cc([C@H](N)C2CC2)c1O.Cl. The van der Waals surface area contributed by atoms with Gasteiger partial charge in [0.2, 0.25) is 0 Å². The second kappa shape index (κ2) is 5.25. The van der Waals surface area contributed by atoms with Gasteiger partial charge >= 0.3 is 0 Å². The van der Waals surface area contributed by atoms with Crippen LogP contribution in [-0.2, 0) is 0 Å². The summed E-state index contributed by atoms with van der Waals surface area (Å²) in [4.78, 5) is 0. The molecule has 1 fully saturated rings. The van der Waals surface area contributed by atoms with Crippen molar-refractivity contribution < 1.29 is 9.84 Å². The van der Waals surface area contributed by atoms with Gasteiger partial charge in [-0.2, -0.15) is 0 Å². The maximum atomic E-state index is 9.93. The molecule has 5 heteroatoms. The molecule has 1 aliphatic carbocycles. The van der Waals surface area contributed by atoms with Gasteiger partial charge in [-0.3, -0.25) is 0 Å². The van der Waals surface area contributed by atoms with E-state index in [9.17, 15) is 5.11 Å². The minimum atomic E-state index is -0.0867. The van der Waals surface area contributed by atoms with E-state index in [0.717, 1.165) is 22.9 Å². The Bertz CT molecular complexity index is 382. The molecule has 0 heterocycles. The predicted molar refractivity (Wildman–Crippen MR) is 69.3 cm³/mol. The first-order chi connectivity index (χ1) is 7.13. The highest BCUT2D eigenvalue weighted by atomic mass is 79.9. The normalized spacial score (nSPS) is 16.4. The Balaban J connectivity index is 0.00000128. The summed E-state index contributed by atoms with van der Waals surface area (Å²) in [5.41, 5.74) is 6.82. The lowest BCUT2D eigenvalue weighted by atomic mass is 10.0. The molecule has 0 aromatic heterocycles. The number of hydrogen-bond donors (Lipinski definition) is 2. The highest BCUT2D eigenvalue weighted by molar-refractivity contribution is 9.10. The second-order valence-corrected chi connectivity index (χ2v) is 4.82. The van der Waals surface area contributed by atoms with E-state index in [1.807, 2.05) is 6.07 Å². The fourth-order valence-corrected chi connectivity index (χ4v) is 2.17. The first kappa shape index (κ1) is 13.6. The molecule has 0 radical (unpaired) electrons. The lowest BCUT2D eigenvalue weighted by Gasteiger charge is -2.15. The molecule has 0 saturated heterocycles. The van der Waals surface area contributed by atoms with Gasteiger partial charge in [0.05, 0.1) is 7.11 Å². The van der Waals surface area contributed by atoms with Crippen LogP contribution in [0.1, 0.15) is 24.4 Å². The number of nitrogens with two attached hydrogens (primary N) is 1. The summed E-state index contributed by atoms with van der Waals surface area (Å²) < 4.78 is 5.96. The van der Waals surface area contributed by atoms with E-state index in [1.165, 1.54) is 7.11 Å². The van der Waals surface area contributed by atoms with Crippen LogP contribution in [0.25, 0.3) is 0 Å². The van der Waals surface area contributed by atoms with Crippen LogP contribution in [-0.4, -0.2) is 12.2 Å². The number of benzene rings is 1. The Morgan fingerprint density at radius 2 is 2.12 bits per heavy atom. The van der Waals surface area contributed by atoms with E-state index in [0.29, 0.717) is 11.7 Å². The average Bonchev–Trinajstić information content (AvgIpc) is 3.03. The van der Waals surface area contributed by atoms with Gasteiger partial charge in [0.15, 0.2) is 11.5 Å². The zero-order valence-electron chi connectivity index (χ0n) is 8.94. The topological polar surface area (TPSA) is 55.5 Å². The highest BCUT2D eigenvalue weighted by Crippen LogP contribution is 2.45. The van der Waals surface area contributed by atoms with E-state index in [-0.39, 0.29) is 24.2 Å². The molecule has 1 atom stereocenters. The van der Waals surface area contributed by atoms with Gasteiger partial charge in [-0.25, -0.2) is 0 Å². The van der Waals surface area contributed by atoms with Crippen molar-refractivity contribution in [3.63, 3.8) is 0 Å². The molecule has 1 saturated carbocycles. The van der Waals surface area contributed by atoms with Gasteiger partial charge in [0.25, 0.3) is 0 Å². The van der Waals surface area contributed by atoms with E-state index < -0.39 is 0 Å². The lowest BCUT2D eigenvalue weighted by molar-refractivity contribution is 0.367. The largest absolute Gasteiger partial charge is 0.504 e. The molecule has 0 aliphatic heterocycles. The zero-order valence-corrected chi connectivity index (χ0v) is 11.3. The van der Waals surface area contributed by atoms with Crippen LogP contribution in [0, 0.1) is 5.92 Å². The summed E-state index contributed by atoms with van der Waals surface area (Å²) >= 11 is 3.38. The third-order valence-corrected chi connectivity index (χ3v) is 3.24. The van der Waals surface area contributed by atoms with E-state index in [1.54, 1.807) is 6.07 Å². The Kier molecular flexibility index (Phi) is 4.47. The quantitative estimate of drug-likeness (QED) is 0.902. The summed E-state index contributed by atoms with van der Waals surface area (Å²) in [6, 6.07) is 3.51. The van der Waals surface area contributed by atoms with Crippen molar-refractivity contribution in [3.05, 3.63) is 22.2 Å². The Morgan fingerprint density at radius 3 is 2.62 bits per heavy atom. The minimum absolute atomic E-state index is 0. The molecule has 1 aromatic rings. The molecule has 0 unspecified atom stereocenters. The summed E-state index contributed by atoms with van der Waals surface area (Å²) in [6.07, 6.45) is 2.30. The standard InChI is InChI=1S/C11H14BrNO2.ClH/c1-15-9-5-7(12)4-8(11(9)14)10(13)6-2-3-6;/h4-6,10,14H,2-3,13H2,1H3;1H/t10-;/m1./s1. The second-order valence-electron chi connectivity index (χ2n) is 3.91. The molecule has 1 aromatic carbocycles. The first-order valence-corrected chi connectivity index (χ1v) is 5.74. The Morgan fingerprint density at radius 1 is 1.50 bits per heavy atom. The van der Waals surface area contributed by atoms with E-state index >= 15 is 0 Å². The first-order valence-electron chi connectivity index (χ1n) is 4.95. The van der Waals surface area contributed by atoms with Crippen molar-refractivity contribution >= 4 is 28.3 Å². The molecule has 0 spiro atoms. The van der Waals surface area contributed by atoms with Crippen molar-refractivity contribution in [2.24, 2.45) is 11.7 Å². The van der Waals surface area contributed by atoms with Crippen molar-refractivity contribution in [3.8, 4) is 11.5 Å². The van der Waals surface area contributed by atoms with Gasteiger partial charge in [-0.1, -0.05) is 15.9 Å². The van der Waals surface area contributed by atoms with Gasteiger partial charge in [-0.05, 0) is 30.9 Å². The molecule has 1 aliphatic rings. The van der Waals surface area contributed by atoms with Crippen molar-refractivity contribution in [2.45, 2.75) is 18.9 Å². The number of aromatic hydroxyl groups is 1. The third-order valence-electron chi connectivity index (χ3n) is 2.78. The Labute approximate surface area is 110 Å². The number of rotatable bonds is 3. The molecule has 2 rings (SSSR count). The van der Waals surface area contributed by atoms with Gasteiger partial charge in [0, 0.05) is 16.1 Å². The number of methoxy groups -OCH3 is 1. The van der Waals surface area contributed by atoms with Crippen LogP contribution in [0.5, 0.6) is 11.5 Å². The van der Waals surface area contributed by atoms with Crippen LogP contribution in [0.15, 0.2) is 16.6 Å². The maximum absolute atomic E-state index is 9.93. The summed E-state index contributed by atoms with van der Waals surface area (Å²) in [5, 5.41) is 9.93. The average molecular weight is 309 g/mol. The van der Waals surface area contributed by atoms with Crippen LogP contribution >= 0.6 is 28.3 Å². The highest BCUT2D eigenvalue weighted by Gasteiger charge is 2.31. The molecule has 16 heavy (non-hydrogen) atoms. The maximum Gasteiger partial charge on any atom is 0.162 e. The molecule has 0 bridgehead atoms. The molecular formula is C11H15BrClNO2. The van der Waals surface area contributed by atoms with E-state index in [4.69, 9.17) is 10.5 Å². The molecule has 3 N–H and O–H groups in total. The number of ether oxygens (including phenoxy) is 1. The van der Waals surface area contributed by atoms with E-state index in [2.05, 4.69) is 15.9 Å². The monoisotopic (exact) mass is 307 g/mol. The van der Waals surface area contributed by atoms with Crippen LogP contribution in [0.3, 0.4) is 0 Å². The summed E-state index contributed by atoms with van der Waals surface area (Å²) in [7, 11) is 1.54. The van der Waals surface area contributed by atoms with Crippen LogP contribution in [0.4, 0.5) is 0 Å². The Hall–Kier alpha value is -0.450. The minimum Gasteiger partial charge on any atom is -0.504 e. The molecule has 90 valence electrons. The summed E-state index contributed by atoms with van der Waals surface area (Å²) in [6.45, 7) is 0. The van der Waals surface area contributed by atoms with Gasteiger partial charge in [0.1, 0.15) is 0 Å². The smallest absolute Gasteiger partial charge is 0.162 e. The molecule has 0 amide bonds. The summed E-state index contributed by atoms with van der Waals surface area (Å²) in [5.74, 6) is 1.14. The van der Waals surface area contributed by atoms with Crippen molar-refractivity contribution in [2.75, 3.05) is 7.11 Å².